The lowest BCUT2D eigenvalue weighted by Crippen LogP contribution is -2.47. The normalized spacial score (nSPS) is 12.8. The summed E-state index contributed by atoms with van der Waals surface area (Å²) in [5.74, 6) is -0.661. The van der Waals surface area contributed by atoms with Crippen molar-refractivity contribution in [2.45, 2.75) is 57.7 Å². The fraction of sp³-hybridized carbons (Fsp3) is 0.333. The summed E-state index contributed by atoms with van der Waals surface area (Å²) in [7, 11) is -3.80. The van der Waals surface area contributed by atoms with E-state index in [9.17, 15) is 18.0 Å². The molecule has 0 bridgehead atoms. The molecule has 0 aliphatic heterocycles. The maximum atomic E-state index is 13.2. The molecule has 0 aliphatic rings. The number of benzene rings is 3. The monoisotopic (exact) mass is 511 g/mol. The lowest BCUT2D eigenvalue weighted by Gasteiger charge is -2.23. The predicted octanol–water partition coefficient (Wildman–Crippen LogP) is 4.81. The molecule has 1 unspecified atom stereocenters. The maximum absolute atomic E-state index is 13.2. The Bertz CT molecular complexity index is 1330. The van der Waals surface area contributed by atoms with Gasteiger partial charge in [0.05, 0.1) is 4.90 Å². The molecule has 3 aromatic rings. The van der Waals surface area contributed by atoms with E-state index in [0.29, 0.717) is 16.5 Å². The third-order valence-electron chi connectivity index (χ3n) is 5.31. The lowest BCUT2D eigenvalue weighted by atomic mass is 10.0. The van der Waals surface area contributed by atoms with E-state index in [-0.39, 0.29) is 17.4 Å². The molecule has 9 heteroatoms. The molecule has 3 N–H and O–H groups in total. The highest BCUT2D eigenvalue weighted by molar-refractivity contribution is 7.89. The van der Waals surface area contributed by atoms with E-state index in [0.717, 1.165) is 5.56 Å². The van der Waals surface area contributed by atoms with Crippen LogP contribution < -0.4 is 15.4 Å². The molecule has 0 radical (unpaired) electrons. The van der Waals surface area contributed by atoms with Gasteiger partial charge in [0.1, 0.15) is 12.6 Å². The number of carbonyl (C=O) groups is 2. The van der Waals surface area contributed by atoms with Gasteiger partial charge >= 0.3 is 6.09 Å². The summed E-state index contributed by atoms with van der Waals surface area (Å²) in [6, 6.07) is 18.4. The highest BCUT2D eigenvalue weighted by Gasteiger charge is 2.27. The molecule has 36 heavy (non-hydrogen) atoms. The Balaban J connectivity index is 1.80. The highest BCUT2D eigenvalue weighted by Crippen LogP contribution is 2.29. The Morgan fingerprint density at radius 1 is 0.889 bits per heavy atom. The standard InChI is InChI=1S/C27H33N3O5S/c1-18(2)24(29-26(32)35-17-19-11-7-6-8-12-19)25(31)28-22-15-9-14-21-20(22)13-10-16-23(21)36(33,34)30-27(3,4)5/h6-16,18,24,30H,17H2,1-5H3,(H,28,31)(H,29,32). The first-order valence-corrected chi connectivity index (χ1v) is 13.2. The second kappa shape index (κ2) is 11.1. The fourth-order valence-electron chi connectivity index (χ4n) is 3.72. The van der Waals surface area contributed by atoms with Crippen molar-refractivity contribution < 1.29 is 22.7 Å². The number of nitrogens with one attached hydrogen (secondary N) is 3. The van der Waals surface area contributed by atoms with Crippen LogP contribution in [0.3, 0.4) is 0 Å². The number of ether oxygens (including phenoxy) is 1. The van der Waals surface area contributed by atoms with Gasteiger partial charge in [-0.05, 0) is 44.4 Å². The van der Waals surface area contributed by atoms with Crippen molar-refractivity contribution in [1.29, 1.82) is 0 Å². The zero-order valence-electron chi connectivity index (χ0n) is 21.2. The van der Waals surface area contributed by atoms with Crippen LogP contribution in [0.25, 0.3) is 10.8 Å². The van der Waals surface area contributed by atoms with Crippen molar-refractivity contribution in [1.82, 2.24) is 10.0 Å². The van der Waals surface area contributed by atoms with Crippen LogP contribution in [-0.4, -0.2) is 32.0 Å². The second-order valence-corrected chi connectivity index (χ2v) is 11.6. The van der Waals surface area contributed by atoms with Gasteiger partial charge in [-0.2, -0.15) is 0 Å². The topological polar surface area (TPSA) is 114 Å². The number of sulfonamides is 1. The smallest absolute Gasteiger partial charge is 0.408 e. The van der Waals surface area contributed by atoms with Crippen molar-refractivity contribution in [2.75, 3.05) is 5.32 Å². The Morgan fingerprint density at radius 2 is 1.53 bits per heavy atom. The van der Waals surface area contributed by atoms with Crippen molar-refractivity contribution in [3.8, 4) is 0 Å². The van der Waals surface area contributed by atoms with Gasteiger partial charge in [0.15, 0.2) is 0 Å². The second-order valence-electron chi connectivity index (χ2n) is 9.93. The van der Waals surface area contributed by atoms with Crippen molar-refractivity contribution in [3.63, 3.8) is 0 Å². The highest BCUT2D eigenvalue weighted by atomic mass is 32.2. The van der Waals surface area contributed by atoms with Crippen LogP contribution in [-0.2, 0) is 26.2 Å². The summed E-state index contributed by atoms with van der Waals surface area (Å²) in [4.78, 5) is 25.7. The molecule has 192 valence electrons. The number of hydrogen-bond donors (Lipinski definition) is 3. The van der Waals surface area contributed by atoms with E-state index < -0.39 is 33.6 Å². The van der Waals surface area contributed by atoms with E-state index >= 15 is 0 Å². The Kier molecular flexibility index (Phi) is 8.37. The first kappa shape index (κ1) is 27.2. The Morgan fingerprint density at radius 3 is 2.17 bits per heavy atom. The van der Waals surface area contributed by atoms with Gasteiger partial charge in [0.2, 0.25) is 15.9 Å². The minimum atomic E-state index is -3.80. The fourth-order valence-corrected chi connectivity index (χ4v) is 5.36. The van der Waals surface area contributed by atoms with Crippen LogP contribution in [0.1, 0.15) is 40.2 Å². The van der Waals surface area contributed by atoms with Crippen molar-refractivity contribution in [2.24, 2.45) is 5.92 Å². The summed E-state index contributed by atoms with van der Waals surface area (Å²) in [6.07, 6.45) is -0.702. The molecule has 0 fully saturated rings. The Labute approximate surface area is 212 Å². The van der Waals surface area contributed by atoms with Crippen molar-refractivity contribution >= 4 is 38.5 Å². The van der Waals surface area contributed by atoms with Crippen LogP contribution in [0.4, 0.5) is 10.5 Å². The first-order chi connectivity index (χ1) is 16.9. The maximum Gasteiger partial charge on any atom is 0.408 e. The molecule has 0 heterocycles. The molecule has 0 aliphatic carbocycles. The molecule has 0 aromatic heterocycles. The SMILES string of the molecule is CC(C)C(NC(=O)OCc1ccccc1)C(=O)Nc1cccc2c(S(=O)(=O)NC(C)(C)C)cccc12. The van der Waals surface area contributed by atoms with Crippen LogP contribution >= 0.6 is 0 Å². The molecule has 1 atom stereocenters. The van der Waals surface area contributed by atoms with Gasteiger partial charge in [0.25, 0.3) is 0 Å². The minimum Gasteiger partial charge on any atom is -0.445 e. The third-order valence-corrected chi connectivity index (χ3v) is 7.12. The molecule has 0 saturated heterocycles. The van der Waals surface area contributed by atoms with Crippen LogP contribution in [0, 0.1) is 5.92 Å². The van der Waals surface area contributed by atoms with E-state index in [4.69, 9.17) is 4.74 Å². The van der Waals surface area contributed by atoms with Gasteiger partial charge in [-0.25, -0.2) is 17.9 Å². The molecule has 8 nitrogen and oxygen atoms in total. The molecule has 0 spiro atoms. The number of rotatable bonds is 8. The lowest BCUT2D eigenvalue weighted by molar-refractivity contribution is -0.119. The van der Waals surface area contributed by atoms with Gasteiger partial charge < -0.3 is 15.4 Å². The van der Waals surface area contributed by atoms with Gasteiger partial charge in [-0.3, -0.25) is 4.79 Å². The van der Waals surface area contributed by atoms with Crippen LogP contribution in [0.5, 0.6) is 0 Å². The zero-order valence-corrected chi connectivity index (χ0v) is 22.0. The molecular formula is C27H33N3O5S. The van der Waals surface area contributed by atoms with E-state index in [1.54, 1.807) is 51.1 Å². The summed E-state index contributed by atoms with van der Waals surface area (Å²) in [6.45, 7) is 9.02. The molecule has 3 rings (SSSR count). The predicted molar refractivity (Wildman–Crippen MR) is 141 cm³/mol. The number of alkyl carbamates (subject to hydrolysis) is 1. The zero-order chi connectivity index (χ0) is 26.5. The van der Waals surface area contributed by atoms with E-state index in [2.05, 4.69) is 15.4 Å². The summed E-state index contributed by atoms with van der Waals surface area (Å²) < 4.78 is 34.0. The van der Waals surface area contributed by atoms with Crippen LogP contribution in [0.15, 0.2) is 71.6 Å². The van der Waals surface area contributed by atoms with Gasteiger partial charge in [-0.1, -0.05) is 68.4 Å². The summed E-state index contributed by atoms with van der Waals surface area (Å²) in [5, 5.41) is 6.53. The minimum absolute atomic E-state index is 0.0856. The average molecular weight is 512 g/mol. The van der Waals surface area contributed by atoms with Gasteiger partial charge in [-0.15, -0.1) is 0 Å². The summed E-state index contributed by atoms with van der Waals surface area (Å²) in [5.41, 5.74) is 0.619. The number of hydrogen-bond acceptors (Lipinski definition) is 5. The number of fused-ring (bicyclic) bond motifs is 1. The largest absolute Gasteiger partial charge is 0.445 e. The molecule has 0 saturated carbocycles. The van der Waals surface area contributed by atoms with Crippen molar-refractivity contribution in [3.05, 3.63) is 72.3 Å². The number of carbonyl (C=O) groups excluding carboxylic acids is 2. The third kappa shape index (κ3) is 7.05. The number of amides is 2. The summed E-state index contributed by atoms with van der Waals surface area (Å²) >= 11 is 0. The van der Waals surface area contributed by atoms with E-state index in [1.165, 1.54) is 6.07 Å². The van der Waals surface area contributed by atoms with E-state index in [1.807, 2.05) is 44.2 Å². The first-order valence-electron chi connectivity index (χ1n) is 11.7. The number of anilines is 1. The Hall–Kier alpha value is -3.43. The average Bonchev–Trinajstić information content (AvgIpc) is 2.80. The molecule has 2 amide bonds. The van der Waals surface area contributed by atoms with Crippen LogP contribution in [0.2, 0.25) is 0 Å². The quantitative estimate of drug-likeness (QED) is 0.402. The molecular weight excluding hydrogens is 478 g/mol. The molecule has 3 aromatic carbocycles. The van der Waals surface area contributed by atoms with Gasteiger partial charge in [0, 0.05) is 22.0 Å².